The monoisotopic (exact) mass is 1640 g/mol. The number of alkyl halides is 12. The highest BCUT2D eigenvalue weighted by molar-refractivity contribution is 7.97. The molecule has 20 nitrogen and oxygen atoms in total. The van der Waals surface area contributed by atoms with Crippen LogP contribution in [0.25, 0.3) is 0 Å². The van der Waals surface area contributed by atoms with Gasteiger partial charge in [0.05, 0.1) is 52.4 Å². The van der Waals surface area contributed by atoms with Crippen LogP contribution in [0.15, 0.2) is 109 Å². The molecule has 11 heterocycles. The molecule has 1 atom stereocenters. The number of likely N-dealkylation sites (tertiary alicyclic amines) is 4. The Morgan fingerprint density at radius 1 is 0.379 bits per heavy atom. The summed E-state index contributed by atoms with van der Waals surface area (Å²) in [6.07, 6.45) is -5.82. The number of piperidine rings is 4. The van der Waals surface area contributed by atoms with Gasteiger partial charge in [-0.25, -0.2) is 4.31 Å². The van der Waals surface area contributed by atoms with E-state index < -0.39 is 56.7 Å². The summed E-state index contributed by atoms with van der Waals surface area (Å²) in [5, 5.41) is 28.8. The number of nitrogens with zero attached hydrogens (tertiary/aromatic N) is 11. The van der Waals surface area contributed by atoms with E-state index in [9.17, 15) is 76.1 Å². The zero-order chi connectivity index (χ0) is 82.8. The molecule has 4 aromatic heterocycles. The van der Waals surface area contributed by atoms with E-state index in [0.717, 1.165) is 133 Å². The van der Waals surface area contributed by atoms with Gasteiger partial charge in [-0.2, -0.15) is 73.1 Å². The summed E-state index contributed by atoms with van der Waals surface area (Å²) in [4.78, 5) is 63.1. The predicted octanol–water partition coefficient (Wildman–Crippen LogP) is 15.2. The lowest BCUT2D eigenvalue weighted by molar-refractivity contribution is -0.139. The summed E-state index contributed by atoms with van der Waals surface area (Å²) < 4.78 is 174. The molecule has 4 saturated heterocycles. The Morgan fingerprint density at radius 3 is 0.974 bits per heavy atom. The third-order valence-electron chi connectivity index (χ3n) is 23.9. The average Bonchev–Trinajstić information content (AvgIpc) is 1.58. The van der Waals surface area contributed by atoms with Crippen molar-refractivity contribution in [3.05, 3.63) is 222 Å². The minimum atomic E-state index is -4.39. The molecule has 4 aromatic carbocycles. The van der Waals surface area contributed by atoms with Crippen LogP contribution in [0.2, 0.25) is 0 Å². The molecular formula is C83H95F12N15O5S. The quantitative estimate of drug-likeness (QED) is 0.0744. The summed E-state index contributed by atoms with van der Waals surface area (Å²) in [7, 11) is -0.314. The van der Waals surface area contributed by atoms with E-state index in [2.05, 4.69) is 63.0 Å². The summed E-state index contributed by atoms with van der Waals surface area (Å²) in [5.41, 5.74) is 9.27. The van der Waals surface area contributed by atoms with Crippen LogP contribution in [0.5, 0.6) is 0 Å². The van der Waals surface area contributed by atoms with Crippen molar-refractivity contribution >= 4 is 39.2 Å². The largest absolute Gasteiger partial charge is 0.416 e. The zero-order valence-corrected chi connectivity index (χ0v) is 65.7. The molecular weight excluding hydrogens is 1550 g/mol. The normalized spacial score (nSPS) is 18.9. The Bertz CT molecular complexity index is 4970. The SMILES string of the molecule is C=C(C)N1CCc2c(C(=O)N3CCC(c4ccccc4C(F)(F)F)CC3)n[nH]c2C1.C=S(C)(=O)N1CCc2c(C(=O)N3CCC(c4ccccc4C(F)(F)F)CC3)n[nH]c2C1.CN1CCc2c(C(=O)N3CCC(c4ccccc4C(F)(F)F)CC3)n[nH]c2C1.O=C(c1n[nH]c2c1CCCC2)N1CCC(c2ccccc2C(F)(F)F)CC1. The molecule has 0 bridgehead atoms. The highest BCUT2D eigenvalue weighted by Crippen LogP contribution is 2.44. The Morgan fingerprint density at radius 2 is 0.655 bits per heavy atom. The smallest absolute Gasteiger partial charge is 0.369 e. The molecule has 16 rings (SSSR count). The van der Waals surface area contributed by atoms with Gasteiger partial charge in [0.25, 0.3) is 23.6 Å². The second-order valence-electron chi connectivity index (χ2n) is 31.4. The maximum atomic E-state index is 13.4. The fourth-order valence-electron chi connectivity index (χ4n) is 17.5. The minimum Gasteiger partial charge on any atom is -0.369 e. The van der Waals surface area contributed by atoms with Gasteiger partial charge in [-0.3, -0.25) is 43.8 Å². The molecule has 1 aliphatic carbocycles. The van der Waals surface area contributed by atoms with Crippen molar-refractivity contribution in [3.63, 3.8) is 0 Å². The van der Waals surface area contributed by atoms with E-state index in [1.807, 2.05) is 14.0 Å². The van der Waals surface area contributed by atoms with Gasteiger partial charge in [-0.1, -0.05) is 79.4 Å². The van der Waals surface area contributed by atoms with Crippen molar-refractivity contribution in [2.45, 2.75) is 171 Å². The van der Waals surface area contributed by atoms with Gasteiger partial charge in [0.1, 0.15) is 0 Å². The van der Waals surface area contributed by atoms with Crippen LogP contribution in [0.1, 0.15) is 226 Å². The topological polar surface area (TPSA) is 223 Å². The number of aromatic amines is 4. The number of hydrogen-bond acceptors (Lipinski definition) is 11. The molecule has 4 fully saturated rings. The Labute approximate surface area is 664 Å². The Balaban J connectivity index is 0.000000135. The van der Waals surface area contributed by atoms with Gasteiger partial charge in [0.2, 0.25) is 0 Å². The molecule has 1 unspecified atom stereocenters. The van der Waals surface area contributed by atoms with Crippen LogP contribution in [-0.4, -0.2) is 193 Å². The number of carbonyl (C=O) groups excluding carboxylic acids is 4. The lowest BCUT2D eigenvalue weighted by atomic mass is 9.86. The van der Waals surface area contributed by atoms with E-state index >= 15 is 0 Å². The van der Waals surface area contributed by atoms with E-state index in [1.165, 1.54) is 30.3 Å². The number of aryl methyl sites for hydroxylation is 1. The molecule has 0 radical (unpaired) electrons. The first kappa shape index (κ1) is 84.2. The lowest BCUT2D eigenvalue weighted by Gasteiger charge is -2.33. The number of benzene rings is 4. The molecule has 33 heteroatoms. The van der Waals surface area contributed by atoms with Crippen molar-refractivity contribution in [3.8, 4) is 0 Å². The van der Waals surface area contributed by atoms with E-state index in [4.69, 9.17) is 0 Å². The van der Waals surface area contributed by atoms with Gasteiger partial charge in [-0.05, 0) is 186 Å². The van der Waals surface area contributed by atoms with Crippen molar-refractivity contribution in [2.75, 3.05) is 85.3 Å². The summed E-state index contributed by atoms with van der Waals surface area (Å²) in [6.45, 7) is 13.3. The molecule has 4 amide bonds. The summed E-state index contributed by atoms with van der Waals surface area (Å²) >= 11 is 0. The maximum absolute atomic E-state index is 13.4. The first-order valence-corrected chi connectivity index (χ1v) is 41.4. The van der Waals surface area contributed by atoms with Gasteiger partial charge in [-0.15, -0.1) is 0 Å². The van der Waals surface area contributed by atoms with Gasteiger partial charge >= 0.3 is 24.7 Å². The van der Waals surface area contributed by atoms with Gasteiger partial charge < -0.3 is 29.4 Å². The molecule has 7 aliphatic heterocycles. The van der Waals surface area contributed by atoms with Gasteiger partial charge in [0.15, 0.2) is 22.8 Å². The highest BCUT2D eigenvalue weighted by atomic mass is 32.2. The second-order valence-corrected chi connectivity index (χ2v) is 33.8. The van der Waals surface area contributed by atoms with Crippen molar-refractivity contribution in [2.24, 2.45) is 0 Å². The van der Waals surface area contributed by atoms with Crippen LogP contribution in [-0.2, 0) is 86.2 Å². The first-order valence-electron chi connectivity index (χ1n) is 39.3. The van der Waals surface area contributed by atoms with Crippen molar-refractivity contribution in [1.29, 1.82) is 0 Å². The number of allylic oxidation sites excluding steroid dienone is 1. The predicted molar refractivity (Wildman–Crippen MR) is 413 cm³/mol. The zero-order valence-electron chi connectivity index (χ0n) is 64.9. The van der Waals surface area contributed by atoms with Crippen LogP contribution < -0.4 is 0 Å². The summed E-state index contributed by atoms with van der Waals surface area (Å²) in [5.74, 6) is 2.33. The number of likely N-dealkylation sites (N-methyl/N-ethyl adjacent to an activating group) is 1. The average molecular weight is 1640 g/mol. The van der Waals surface area contributed by atoms with Crippen LogP contribution in [0, 0.1) is 0 Å². The highest BCUT2D eigenvalue weighted by Gasteiger charge is 2.43. The fraction of sp³-hybridized carbons (Fsp3) is 0.482. The van der Waals surface area contributed by atoms with Crippen molar-refractivity contribution < 1.29 is 76.1 Å². The van der Waals surface area contributed by atoms with E-state index in [1.54, 1.807) is 72.6 Å². The van der Waals surface area contributed by atoms with Crippen molar-refractivity contribution in [1.82, 2.24) is 74.5 Å². The third kappa shape index (κ3) is 18.9. The maximum Gasteiger partial charge on any atom is 0.416 e. The molecule has 116 heavy (non-hydrogen) atoms. The second kappa shape index (κ2) is 34.8. The lowest BCUT2D eigenvalue weighted by Crippen LogP contribution is -2.39. The Hall–Kier alpha value is -9.76. The number of rotatable bonds is 10. The van der Waals surface area contributed by atoms with E-state index in [-0.39, 0.29) is 47.3 Å². The Kier molecular flexibility index (Phi) is 25.3. The number of amides is 4. The number of nitrogens with one attached hydrogen (secondary N) is 4. The first-order chi connectivity index (χ1) is 55.1. The standard InChI is InChI=1S/C22H25F3N4O.C21H25F3N4O2S.C20H23F3N4O.C20H22F3N3O/c1-14(2)29-12-9-17-19(13-29)26-27-20(17)21(30)28-10-7-15(8-11-28)16-5-3-4-6-18(16)22(23,24)25;1-31(2,30)28-12-9-16-18(13-28)25-26-19(16)20(29)27-10-7-14(8-11-27)15-5-3-4-6-17(15)21(22,23)24;1-26-9-8-15-17(12-26)24-25-18(15)19(28)27-10-6-13(7-11-27)14-4-2-3-5-16(14)20(21,22)23;21-20(22,23)16-7-3-1-5-14(16)13-9-11-26(12-10-13)19(27)18-15-6-2-4-8-17(15)24-25-18/h3-6,15H,1,7-13H2,2H3,(H,26,27);3-6,14H,1,7-13H2,2H3,(H,25,26);2-5,13H,6-12H2,1H3,(H,24,25);1,3,5,7,13H,2,4,6,8-12H2,(H,24,25). The molecule has 0 saturated carbocycles. The van der Waals surface area contributed by atoms with Crippen LogP contribution in [0.4, 0.5) is 52.7 Å². The summed E-state index contributed by atoms with van der Waals surface area (Å²) in [6, 6.07) is 23.0. The molecule has 8 aromatic rings. The number of H-pyrrole nitrogens is 4. The number of aromatic nitrogens is 8. The number of hydrogen-bond donors (Lipinski definition) is 4. The molecule has 4 N–H and O–H groups in total. The minimum absolute atomic E-state index is 0.100. The molecule has 0 spiro atoms. The number of halogens is 12. The third-order valence-corrected chi connectivity index (χ3v) is 25.3. The van der Waals surface area contributed by atoms with Gasteiger partial charge in [0, 0.05) is 128 Å². The van der Waals surface area contributed by atoms with E-state index in [0.29, 0.717) is 175 Å². The van der Waals surface area contributed by atoms with Crippen LogP contribution >= 0.6 is 0 Å². The number of carbonyl (C=O) groups is 4. The fourth-order valence-corrected chi connectivity index (χ4v) is 18.4. The molecule has 8 aliphatic rings. The number of fused-ring (bicyclic) bond motifs is 4. The van der Waals surface area contributed by atoms with Crippen LogP contribution in [0.3, 0.4) is 0 Å². The molecule has 622 valence electrons.